The minimum Gasteiger partial charge on any atom is -0.481 e. The number of likely N-dealkylation sites (tertiary alicyclic amines) is 1. The van der Waals surface area contributed by atoms with E-state index < -0.39 is 5.97 Å². The van der Waals surface area contributed by atoms with E-state index in [4.69, 9.17) is 14.3 Å². The van der Waals surface area contributed by atoms with E-state index in [9.17, 15) is 9.59 Å². The molecule has 0 aromatic carbocycles. The zero-order valence-corrected chi connectivity index (χ0v) is 10.5. The smallest absolute Gasteiger partial charge is 0.307 e. The number of amides is 1. The standard InChI is InChI=1S/C13H15NO5/c1-2-18-10-4-3-9(19-10)12(15)14-5-7-8(6-14)11(7)13(16)17/h3-4,7-8,11H,2,5-6H2,1H3,(H,16,17)/t7-,8+,11?. The Balaban J connectivity index is 1.62. The summed E-state index contributed by atoms with van der Waals surface area (Å²) >= 11 is 0. The van der Waals surface area contributed by atoms with E-state index in [1.165, 1.54) is 0 Å². The van der Waals surface area contributed by atoms with E-state index in [-0.39, 0.29) is 29.4 Å². The SMILES string of the molecule is CCOc1ccc(C(=O)N2C[C@@H]3C(C(=O)O)[C@@H]3C2)o1. The van der Waals surface area contributed by atoms with Crippen molar-refractivity contribution in [1.82, 2.24) is 4.90 Å². The number of fused-ring (bicyclic) bond motifs is 1. The van der Waals surface area contributed by atoms with Crippen molar-refractivity contribution in [2.75, 3.05) is 19.7 Å². The minimum atomic E-state index is -0.751. The van der Waals surface area contributed by atoms with Gasteiger partial charge in [-0.3, -0.25) is 9.59 Å². The van der Waals surface area contributed by atoms with Crippen molar-refractivity contribution in [2.45, 2.75) is 6.92 Å². The molecule has 1 saturated heterocycles. The molecule has 1 aromatic heterocycles. The molecule has 102 valence electrons. The lowest BCUT2D eigenvalue weighted by molar-refractivity contribution is -0.139. The lowest BCUT2D eigenvalue weighted by Crippen LogP contribution is -2.32. The lowest BCUT2D eigenvalue weighted by Gasteiger charge is -2.17. The molecule has 1 N–H and O–H groups in total. The van der Waals surface area contributed by atoms with Gasteiger partial charge in [0.25, 0.3) is 11.9 Å². The quantitative estimate of drug-likeness (QED) is 0.881. The third-order valence-electron chi connectivity index (χ3n) is 3.85. The summed E-state index contributed by atoms with van der Waals surface area (Å²) < 4.78 is 10.5. The normalized spacial score (nSPS) is 28.1. The first-order valence-corrected chi connectivity index (χ1v) is 6.36. The maximum absolute atomic E-state index is 12.1. The molecule has 1 aromatic rings. The van der Waals surface area contributed by atoms with Crippen molar-refractivity contribution in [3.63, 3.8) is 0 Å². The van der Waals surface area contributed by atoms with Gasteiger partial charge in [0.1, 0.15) is 0 Å². The first-order chi connectivity index (χ1) is 9.11. The topological polar surface area (TPSA) is 80.0 Å². The summed E-state index contributed by atoms with van der Waals surface area (Å²) in [5.74, 6) is -0.401. The van der Waals surface area contributed by atoms with Crippen LogP contribution in [0.5, 0.6) is 5.95 Å². The number of nitrogens with zero attached hydrogens (tertiary/aromatic N) is 1. The van der Waals surface area contributed by atoms with Gasteiger partial charge >= 0.3 is 5.97 Å². The number of carbonyl (C=O) groups excluding carboxylic acids is 1. The van der Waals surface area contributed by atoms with Crippen LogP contribution in [0.4, 0.5) is 0 Å². The highest BCUT2D eigenvalue weighted by atomic mass is 16.6. The predicted octanol–water partition coefficient (Wildman–Crippen LogP) is 1.08. The first kappa shape index (κ1) is 12.1. The molecule has 0 spiro atoms. The molecule has 6 heteroatoms. The molecule has 3 atom stereocenters. The van der Waals surface area contributed by atoms with Gasteiger partial charge in [0.2, 0.25) is 0 Å². The molecule has 2 aliphatic rings. The third-order valence-corrected chi connectivity index (χ3v) is 3.85. The summed E-state index contributed by atoms with van der Waals surface area (Å²) in [6, 6.07) is 3.21. The fourth-order valence-corrected chi connectivity index (χ4v) is 2.87. The minimum absolute atomic E-state index is 0.114. The third kappa shape index (κ3) is 1.97. The number of carbonyl (C=O) groups is 2. The lowest BCUT2D eigenvalue weighted by atomic mass is 10.2. The summed E-state index contributed by atoms with van der Waals surface area (Å²) in [5.41, 5.74) is 0. The van der Waals surface area contributed by atoms with Gasteiger partial charge in [-0.05, 0) is 24.8 Å². The summed E-state index contributed by atoms with van der Waals surface area (Å²) in [4.78, 5) is 24.7. The molecule has 2 heterocycles. The molecular formula is C13H15NO5. The molecule has 1 aliphatic carbocycles. The molecule has 1 amide bonds. The molecule has 1 aliphatic heterocycles. The number of piperidine rings is 1. The van der Waals surface area contributed by atoms with Crippen LogP contribution >= 0.6 is 0 Å². The van der Waals surface area contributed by atoms with Gasteiger partial charge in [-0.15, -0.1) is 0 Å². The van der Waals surface area contributed by atoms with Crippen LogP contribution in [-0.2, 0) is 4.79 Å². The number of rotatable bonds is 4. The van der Waals surface area contributed by atoms with E-state index in [1.54, 1.807) is 17.0 Å². The number of aliphatic carboxylic acids is 1. The van der Waals surface area contributed by atoms with Crippen LogP contribution in [0.1, 0.15) is 17.5 Å². The van der Waals surface area contributed by atoms with Gasteiger partial charge in [0.05, 0.1) is 12.5 Å². The van der Waals surface area contributed by atoms with Crippen molar-refractivity contribution in [1.29, 1.82) is 0 Å². The Labute approximate surface area is 109 Å². The largest absolute Gasteiger partial charge is 0.481 e. The Morgan fingerprint density at radius 3 is 2.68 bits per heavy atom. The molecule has 0 bridgehead atoms. The van der Waals surface area contributed by atoms with Crippen molar-refractivity contribution in [3.05, 3.63) is 17.9 Å². The highest BCUT2D eigenvalue weighted by molar-refractivity contribution is 5.92. The summed E-state index contributed by atoms with van der Waals surface area (Å²) in [6.07, 6.45) is 0. The zero-order chi connectivity index (χ0) is 13.6. The van der Waals surface area contributed by atoms with Crippen molar-refractivity contribution >= 4 is 11.9 Å². The average molecular weight is 265 g/mol. The molecule has 1 unspecified atom stereocenters. The van der Waals surface area contributed by atoms with Crippen LogP contribution in [-0.4, -0.2) is 41.6 Å². The Morgan fingerprint density at radius 1 is 1.42 bits per heavy atom. The van der Waals surface area contributed by atoms with Crippen LogP contribution in [0.25, 0.3) is 0 Å². The van der Waals surface area contributed by atoms with E-state index in [2.05, 4.69) is 0 Å². The van der Waals surface area contributed by atoms with Gasteiger partial charge in [-0.1, -0.05) is 0 Å². The monoisotopic (exact) mass is 265 g/mol. The Morgan fingerprint density at radius 2 is 2.11 bits per heavy atom. The zero-order valence-electron chi connectivity index (χ0n) is 10.5. The van der Waals surface area contributed by atoms with Crippen LogP contribution in [0.3, 0.4) is 0 Å². The summed E-state index contributed by atoms with van der Waals surface area (Å²) in [5, 5.41) is 8.92. The Bertz CT molecular complexity index is 511. The van der Waals surface area contributed by atoms with Crippen LogP contribution < -0.4 is 4.74 Å². The highest BCUT2D eigenvalue weighted by Gasteiger charge is 2.60. The molecule has 6 nitrogen and oxygen atoms in total. The Hall–Kier alpha value is -1.98. The van der Waals surface area contributed by atoms with E-state index in [0.717, 1.165) is 0 Å². The molecule has 1 saturated carbocycles. The van der Waals surface area contributed by atoms with Gasteiger partial charge in [-0.25, -0.2) is 0 Å². The van der Waals surface area contributed by atoms with E-state index in [0.29, 0.717) is 25.6 Å². The molecular weight excluding hydrogens is 250 g/mol. The average Bonchev–Trinajstić information content (AvgIpc) is 2.78. The fourth-order valence-electron chi connectivity index (χ4n) is 2.87. The number of carboxylic acids is 1. The predicted molar refractivity (Wildman–Crippen MR) is 63.9 cm³/mol. The van der Waals surface area contributed by atoms with Gasteiger partial charge in [0, 0.05) is 19.2 Å². The van der Waals surface area contributed by atoms with Crippen molar-refractivity contribution < 1.29 is 23.8 Å². The summed E-state index contributed by atoms with van der Waals surface area (Å²) in [7, 11) is 0. The number of carboxylic acid groups (broad SMARTS) is 1. The van der Waals surface area contributed by atoms with Gasteiger partial charge in [-0.2, -0.15) is 0 Å². The van der Waals surface area contributed by atoms with Gasteiger partial charge < -0.3 is 19.2 Å². The summed E-state index contributed by atoms with van der Waals surface area (Å²) in [6.45, 7) is 3.33. The second-order valence-electron chi connectivity index (χ2n) is 4.95. The second kappa shape index (κ2) is 4.29. The van der Waals surface area contributed by atoms with E-state index in [1.807, 2.05) is 6.92 Å². The Kier molecular flexibility index (Phi) is 2.73. The van der Waals surface area contributed by atoms with Gasteiger partial charge in [0.15, 0.2) is 5.76 Å². The molecule has 0 radical (unpaired) electrons. The molecule has 19 heavy (non-hydrogen) atoms. The second-order valence-corrected chi connectivity index (χ2v) is 4.95. The maximum atomic E-state index is 12.1. The van der Waals surface area contributed by atoms with Crippen LogP contribution in [0.15, 0.2) is 16.5 Å². The van der Waals surface area contributed by atoms with Crippen LogP contribution in [0.2, 0.25) is 0 Å². The fraction of sp³-hybridized carbons (Fsp3) is 0.538. The number of furan rings is 1. The maximum Gasteiger partial charge on any atom is 0.307 e. The highest BCUT2D eigenvalue weighted by Crippen LogP contribution is 2.51. The number of hydrogen-bond donors (Lipinski definition) is 1. The van der Waals surface area contributed by atoms with Crippen molar-refractivity contribution in [2.24, 2.45) is 17.8 Å². The van der Waals surface area contributed by atoms with Crippen molar-refractivity contribution in [3.8, 4) is 5.95 Å². The number of ether oxygens (including phenoxy) is 1. The number of hydrogen-bond acceptors (Lipinski definition) is 4. The van der Waals surface area contributed by atoms with Crippen LogP contribution in [0, 0.1) is 17.8 Å². The molecule has 2 fully saturated rings. The van der Waals surface area contributed by atoms with E-state index >= 15 is 0 Å². The molecule has 3 rings (SSSR count). The first-order valence-electron chi connectivity index (χ1n) is 6.36.